The molecule has 6 nitrogen and oxygen atoms in total. The van der Waals surface area contributed by atoms with Crippen LogP contribution in [0.2, 0.25) is 5.02 Å². The van der Waals surface area contributed by atoms with Crippen LogP contribution in [0.3, 0.4) is 0 Å². The molecule has 2 amide bonds. The third-order valence-corrected chi connectivity index (χ3v) is 4.98. The summed E-state index contributed by atoms with van der Waals surface area (Å²) in [7, 11) is 0. The summed E-state index contributed by atoms with van der Waals surface area (Å²) < 4.78 is 5.11. The molecular formula is C21H21ClN2O4. The number of hydrogen-bond acceptors (Lipinski definition) is 4. The van der Waals surface area contributed by atoms with E-state index in [4.69, 9.17) is 16.3 Å². The van der Waals surface area contributed by atoms with Crippen LogP contribution < -0.4 is 10.2 Å². The van der Waals surface area contributed by atoms with E-state index in [9.17, 15) is 14.4 Å². The predicted octanol–water partition coefficient (Wildman–Crippen LogP) is 3.49. The number of rotatable bonds is 5. The molecule has 2 aromatic rings. The lowest BCUT2D eigenvalue weighted by atomic mass is 10.1. The number of hydrogen-bond donors (Lipinski definition) is 1. The molecule has 1 atom stereocenters. The van der Waals surface area contributed by atoms with E-state index >= 15 is 0 Å². The van der Waals surface area contributed by atoms with E-state index in [1.54, 1.807) is 23.1 Å². The van der Waals surface area contributed by atoms with Gasteiger partial charge in [0.1, 0.15) is 0 Å². The first-order chi connectivity index (χ1) is 13.3. The van der Waals surface area contributed by atoms with Crippen molar-refractivity contribution in [1.82, 2.24) is 0 Å². The van der Waals surface area contributed by atoms with Gasteiger partial charge in [-0.25, -0.2) is 0 Å². The van der Waals surface area contributed by atoms with Crippen molar-refractivity contribution in [2.45, 2.75) is 20.3 Å². The lowest BCUT2D eigenvalue weighted by molar-refractivity contribution is -0.151. The van der Waals surface area contributed by atoms with Crippen LogP contribution in [0.5, 0.6) is 0 Å². The molecule has 0 spiro atoms. The summed E-state index contributed by atoms with van der Waals surface area (Å²) in [6.07, 6.45) is 0.0714. The molecule has 1 fully saturated rings. The second kappa shape index (κ2) is 8.44. The van der Waals surface area contributed by atoms with Crippen LogP contribution in [0.1, 0.15) is 17.5 Å². The van der Waals surface area contributed by atoms with Crippen molar-refractivity contribution in [1.29, 1.82) is 0 Å². The predicted molar refractivity (Wildman–Crippen MR) is 107 cm³/mol. The summed E-state index contributed by atoms with van der Waals surface area (Å²) >= 11 is 6.03. The van der Waals surface area contributed by atoms with Crippen LogP contribution in [0.15, 0.2) is 42.5 Å². The Balaban J connectivity index is 1.53. The second-order valence-corrected chi connectivity index (χ2v) is 7.27. The number of ether oxygens (including phenoxy) is 1. The summed E-state index contributed by atoms with van der Waals surface area (Å²) in [6.45, 7) is 3.63. The number of benzene rings is 2. The van der Waals surface area contributed by atoms with Gasteiger partial charge in [0.25, 0.3) is 5.91 Å². The average molecular weight is 401 g/mol. The summed E-state index contributed by atoms with van der Waals surface area (Å²) in [5.74, 6) is -1.74. The smallest absolute Gasteiger partial charge is 0.311 e. The van der Waals surface area contributed by atoms with Gasteiger partial charge in [0.15, 0.2) is 6.61 Å². The molecule has 1 heterocycles. The molecule has 0 aromatic heterocycles. The van der Waals surface area contributed by atoms with Gasteiger partial charge in [0.05, 0.1) is 5.92 Å². The van der Waals surface area contributed by atoms with Crippen molar-refractivity contribution < 1.29 is 19.1 Å². The van der Waals surface area contributed by atoms with E-state index < -0.39 is 24.4 Å². The number of carbonyl (C=O) groups excluding carboxylic acids is 3. The van der Waals surface area contributed by atoms with Crippen molar-refractivity contribution in [3.63, 3.8) is 0 Å². The Labute approximate surface area is 168 Å². The SMILES string of the molecule is Cc1cccc(N2C[C@H](C(=O)OCC(=O)Nc3ccc(C)c(Cl)c3)CC2=O)c1. The number of halogens is 1. The molecular weight excluding hydrogens is 380 g/mol. The van der Waals surface area contributed by atoms with Gasteiger partial charge in [-0.3, -0.25) is 14.4 Å². The normalized spacial score (nSPS) is 16.2. The van der Waals surface area contributed by atoms with Crippen LogP contribution in [0, 0.1) is 19.8 Å². The minimum absolute atomic E-state index is 0.0714. The van der Waals surface area contributed by atoms with Crippen molar-refractivity contribution in [2.75, 3.05) is 23.4 Å². The van der Waals surface area contributed by atoms with Crippen LogP contribution in [0.25, 0.3) is 0 Å². The zero-order valence-corrected chi connectivity index (χ0v) is 16.5. The first kappa shape index (κ1) is 19.9. The maximum absolute atomic E-state index is 12.3. The van der Waals surface area contributed by atoms with Gasteiger partial charge in [-0.15, -0.1) is 0 Å². The van der Waals surface area contributed by atoms with Crippen LogP contribution in [-0.2, 0) is 19.1 Å². The zero-order chi connectivity index (χ0) is 20.3. The topological polar surface area (TPSA) is 75.7 Å². The number of nitrogens with one attached hydrogen (secondary N) is 1. The molecule has 28 heavy (non-hydrogen) atoms. The minimum Gasteiger partial charge on any atom is -0.455 e. The summed E-state index contributed by atoms with van der Waals surface area (Å²) in [5.41, 5.74) is 3.21. The highest BCUT2D eigenvalue weighted by atomic mass is 35.5. The lowest BCUT2D eigenvalue weighted by Gasteiger charge is -2.17. The Kier molecular flexibility index (Phi) is 5.99. The van der Waals surface area contributed by atoms with Crippen molar-refractivity contribution >= 4 is 40.8 Å². The van der Waals surface area contributed by atoms with Crippen molar-refractivity contribution in [3.05, 3.63) is 58.6 Å². The number of carbonyl (C=O) groups is 3. The molecule has 3 rings (SSSR count). The Hall–Kier alpha value is -2.86. The Bertz CT molecular complexity index is 928. The molecule has 1 aliphatic heterocycles. The van der Waals surface area contributed by atoms with Gasteiger partial charge in [0.2, 0.25) is 5.91 Å². The van der Waals surface area contributed by atoms with Crippen molar-refractivity contribution in [3.8, 4) is 0 Å². The summed E-state index contributed by atoms with van der Waals surface area (Å²) in [5, 5.41) is 3.17. The van der Waals surface area contributed by atoms with E-state index in [1.165, 1.54) is 0 Å². The van der Waals surface area contributed by atoms with Gasteiger partial charge in [-0.1, -0.05) is 29.8 Å². The third-order valence-electron chi connectivity index (χ3n) is 4.57. The highest BCUT2D eigenvalue weighted by Gasteiger charge is 2.36. The monoisotopic (exact) mass is 400 g/mol. The number of anilines is 2. The molecule has 1 saturated heterocycles. The molecule has 146 valence electrons. The minimum atomic E-state index is -0.588. The summed E-state index contributed by atoms with van der Waals surface area (Å²) in [6, 6.07) is 12.7. The van der Waals surface area contributed by atoms with Gasteiger partial charge < -0.3 is 15.0 Å². The first-order valence-corrected chi connectivity index (χ1v) is 9.31. The third kappa shape index (κ3) is 4.70. The zero-order valence-electron chi connectivity index (χ0n) is 15.7. The number of nitrogens with zero attached hydrogens (tertiary/aromatic N) is 1. The number of aryl methyl sites for hydroxylation is 2. The maximum Gasteiger partial charge on any atom is 0.311 e. The van der Waals surface area contributed by atoms with E-state index in [2.05, 4.69) is 5.32 Å². The molecule has 1 aliphatic rings. The fraction of sp³-hybridized carbons (Fsp3) is 0.286. The highest BCUT2D eigenvalue weighted by molar-refractivity contribution is 6.31. The van der Waals surface area contributed by atoms with Gasteiger partial charge >= 0.3 is 5.97 Å². The van der Waals surface area contributed by atoms with Gasteiger partial charge in [-0.2, -0.15) is 0 Å². The number of amides is 2. The fourth-order valence-corrected chi connectivity index (χ4v) is 3.21. The fourth-order valence-electron chi connectivity index (χ4n) is 3.03. The Morgan fingerprint density at radius 2 is 2.00 bits per heavy atom. The molecule has 2 aromatic carbocycles. The van der Waals surface area contributed by atoms with Crippen LogP contribution in [0.4, 0.5) is 11.4 Å². The maximum atomic E-state index is 12.3. The van der Waals surface area contributed by atoms with E-state index in [-0.39, 0.29) is 18.9 Å². The molecule has 0 radical (unpaired) electrons. The molecule has 0 saturated carbocycles. The van der Waals surface area contributed by atoms with E-state index in [0.717, 1.165) is 16.8 Å². The van der Waals surface area contributed by atoms with Crippen LogP contribution >= 0.6 is 11.6 Å². The molecule has 0 aliphatic carbocycles. The average Bonchev–Trinajstić information content (AvgIpc) is 3.05. The number of esters is 1. The Morgan fingerprint density at radius 1 is 1.21 bits per heavy atom. The standard InChI is InChI=1S/C21H21ClN2O4/c1-13-4-3-5-17(8-13)24-11-15(9-20(24)26)21(27)28-12-19(25)23-16-7-6-14(2)18(22)10-16/h3-8,10,15H,9,11-12H2,1-2H3,(H,23,25)/t15-/m1/s1. The molecule has 7 heteroatoms. The molecule has 0 unspecified atom stereocenters. The highest BCUT2D eigenvalue weighted by Crippen LogP contribution is 2.26. The summed E-state index contributed by atoms with van der Waals surface area (Å²) in [4.78, 5) is 38.1. The van der Waals surface area contributed by atoms with Crippen LogP contribution in [-0.4, -0.2) is 30.9 Å². The second-order valence-electron chi connectivity index (χ2n) is 6.86. The first-order valence-electron chi connectivity index (χ1n) is 8.93. The lowest BCUT2D eigenvalue weighted by Crippen LogP contribution is -2.28. The van der Waals surface area contributed by atoms with E-state index in [1.807, 2.05) is 38.1 Å². The van der Waals surface area contributed by atoms with Crippen molar-refractivity contribution in [2.24, 2.45) is 5.92 Å². The van der Waals surface area contributed by atoms with E-state index in [0.29, 0.717) is 10.7 Å². The Morgan fingerprint density at radius 3 is 2.71 bits per heavy atom. The molecule has 0 bridgehead atoms. The van der Waals surface area contributed by atoms with Gasteiger partial charge in [0, 0.05) is 29.4 Å². The quantitative estimate of drug-likeness (QED) is 0.779. The molecule has 1 N–H and O–H groups in total. The van der Waals surface area contributed by atoms with Gasteiger partial charge in [-0.05, 0) is 49.2 Å². The largest absolute Gasteiger partial charge is 0.455 e.